The number of nitrogens with zero attached hydrogens (tertiary/aromatic N) is 2. The van der Waals surface area contributed by atoms with E-state index in [1.54, 1.807) is 6.07 Å². The lowest BCUT2D eigenvalue weighted by atomic mass is 10.1. The number of hydrogen-bond donors (Lipinski definition) is 3. The minimum Gasteiger partial charge on any atom is -0.382 e. The van der Waals surface area contributed by atoms with Crippen LogP contribution in [-0.2, 0) is 0 Å². The van der Waals surface area contributed by atoms with Gasteiger partial charge in [0.25, 0.3) is 5.91 Å². The molecule has 2 heterocycles. The molecule has 0 radical (unpaired) electrons. The van der Waals surface area contributed by atoms with E-state index in [1.807, 2.05) is 0 Å². The molecule has 0 spiro atoms. The van der Waals surface area contributed by atoms with Crippen LogP contribution in [0.3, 0.4) is 0 Å². The van der Waals surface area contributed by atoms with Gasteiger partial charge >= 0.3 is 0 Å². The fourth-order valence-corrected chi connectivity index (χ4v) is 1.87. The molecular weight excluding hydrogens is 206 g/mol. The second-order valence-corrected chi connectivity index (χ2v) is 4.26. The fraction of sp³-hybridized carbons (Fsp3) is 0.600. The van der Waals surface area contributed by atoms with Gasteiger partial charge < -0.3 is 16.0 Å². The normalized spacial score (nSPS) is 18.6. The zero-order valence-electron chi connectivity index (χ0n) is 9.36. The number of carbonyl (C=O) groups excluding carboxylic acids is 1. The molecule has 1 amide bonds. The van der Waals surface area contributed by atoms with Gasteiger partial charge in [-0.25, -0.2) is 0 Å². The quantitative estimate of drug-likeness (QED) is 0.649. The highest BCUT2D eigenvalue weighted by Gasteiger charge is 2.19. The Kier molecular flexibility index (Phi) is 3.09. The van der Waals surface area contributed by atoms with Gasteiger partial charge in [-0.15, -0.1) is 0 Å². The highest BCUT2D eigenvalue weighted by atomic mass is 16.2. The topological polar surface area (TPSA) is 87.0 Å². The summed E-state index contributed by atoms with van der Waals surface area (Å²) in [5.41, 5.74) is 5.87. The van der Waals surface area contributed by atoms with Crippen LogP contribution in [0.5, 0.6) is 0 Å². The summed E-state index contributed by atoms with van der Waals surface area (Å²) >= 11 is 0. The predicted molar refractivity (Wildman–Crippen MR) is 61.0 cm³/mol. The van der Waals surface area contributed by atoms with Crippen LogP contribution in [0, 0.1) is 0 Å². The van der Waals surface area contributed by atoms with Crippen molar-refractivity contribution in [1.29, 1.82) is 0 Å². The molecule has 1 aromatic heterocycles. The van der Waals surface area contributed by atoms with E-state index < -0.39 is 0 Å². The Labute approximate surface area is 94.2 Å². The number of nitrogen functional groups attached to an aromatic ring is 1. The van der Waals surface area contributed by atoms with Gasteiger partial charge in [-0.2, -0.15) is 5.10 Å². The number of carbonyl (C=O) groups is 1. The maximum atomic E-state index is 11.8. The number of anilines is 1. The Balaban J connectivity index is 1.88. The first-order chi connectivity index (χ1) is 7.65. The molecule has 1 saturated heterocycles. The monoisotopic (exact) mass is 223 g/mol. The number of aromatic nitrogens is 2. The van der Waals surface area contributed by atoms with E-state index in [1.165, 1.54) is 0 Å². The smallest absolute Gasteiger partial charge is 0.269 e. The van der Waals surface area contributed by atoms with Crippen molar-refractivity contribution in [3.05, 3.63) is 11.8 Å². The summed E-state index contributed by atoms with van der Waals surface area (Å²) in [4.78, 5) is 14.0. The van der Waals surface area contributed by atoms with Crippen molar-refractivity contribution < 1.29 is 4.79 Å². The fourth-order valence-electron chi connectivity index (χ4n) is 1.87. The number of likely N-dealkylation sites (tertiary alicyclic amines) is 1. The average molecular weight is 223 g/mol. The van der Waals surface area contributed by atoms with Crippen molar-refractivity contribution in [3.63, 3.8) is 0 Å². The van der Waals surface area contributed by atoms with Crippen molar-refractivity contribution in [2.75, 3.05) is 25.9 Å². The van der Waals surface area contributed by atoms with E-state index in [9.17, 15) is 4.79 Å². The average Bonchev–Trinajstić information content (AvgIpc) is 2.68. The van der Waals surface area contributed by atoms with E-state index in [-0.39, 0.29) is 11.9 Å². The van der Waals surface area contributed by atoms with Gasteiger partial charge in [0.2, 0.25) is 0 Å². The lowest BCUT2D eigenvalue weighted by Gasteiger charge is -2.29. The van der Waals surface area contributed by atoms with E-state index >= 15 is 0 Å². The first-order valence-corrected chi connectivity index (χ1v) is 5.45. The predicted octanol–water partition coefficient (Wildman–Crippen LogP) is -0.184. The van der Waals surface area contributed by atoms with Crippen LogP contribution >= 0.6 is 0 Å². The molecule has 0 saturated carbocycles. The summed E-state index contributed by atoms with van der Waals surface area (Å²) in [5, 5.41) is 9.31. The number of nitrogens with one attached hydrogen (secondary N) is 2. The highest BCUT2D eigenvalue weighted by Crippen LogP contribution is 2.09. The van der Waals surface area contributed by atoms with Crippen molar-refractivity contribution in [2.45, 2.75) is 18.9 Å². The molecule has 0 bridgehead atoms. The van der Waals surface area contributed by atoms with Gasteiger partial charge in [0.05, 0.1) is 0 Å². The molecule has 0 atom stereocenters. The second kappa shape index (κ2) is 4.52. The maximum absolute atomic E-state index is 11.8. The second-order valence-electron chi connectivity index (χ2n) is 4.26. The number of amides is 1. The summed E-state index contributed by atoms with van der Waals surface area (Å²) in [6.07, 6.45) is 1.98. The van der Waals surface area contributed by atoms with Crippen LogP contribution in [0.2, 0.25) is 0 Å². The van der Waals surface area contributed by atoms with E-state index in [0.29, 0.717) is 11.5 Å². The van der Waals surface area contributed by atoms with Crippen molar-refractivity contribution in [3.8, 4) is 0 Å². The van der Waals surface area contributed by atoms with Crippen LogP contribution in [0.4, 0.5) is 5.82 Å². The largest absolute Gasteiger partial charge is 0.382 e. The van der Waals surface area contributed by atoms with Gasteiger partial charge in [0, 0.05) is 12.1 Å². The summed E-state index contributed by atoms with van der Waals surface area (Å²) in [6.45, 7) is 2.05. The summed E-state index contributed by atoms with van der Waals surface area (Å²) in [5.74, 6) is 0.215. The molecule has 1 fully saturated rings. The third-order valence-corrected chi connectivity index (χ3v) is 2.90. The number of hydrogen-bond acceptors (Lipinski definition) is 4. The van der Waals surface area contributed by atoms with Crippen LogP contribution in [0.1, 0.15) is 23.3 Å². The first-order valence-electron chi connectivity index (χ1n) is 5.45. The number of nitrogens with two attached hydrogens (primary N) is 1. The number of rotatable bonds is 2. The molecular formula is C10H17N5O. The SMILES string of the molecule is CN1CCC(NC(=O)c2cc(N)n[nH]2)CC1. The Morgan fingerprint density at radius 3 is 2.88 bits per heavy atom. The Bertz CT molecular complexity index is 367. The third-order valence-electron chi connectivity index (χ3n) is 2.90. The summed E-state index contributed by atoms with van der Waals surface area (Å²) in [6, 6.07) is 1.80. The Hall–Kier alpha value is -1.56. The zero-order chi connectivity index (χ0) is 11.5. The van der Waals surface area contributed by atoms with Crippen LogP contribution in [0.25, 0.3) is 0 Å². The molecule has 6 heteroatoms. The van der Waals surface area contributed by atoms with Gasteiger partial charge in [0.15, 0.2) is 0 Å². The van der Waals surface area contributed by atoms with Crippen molar-refractivity contribution >= 4 is 11.7 Å². The van der Waals surface area contributed by atoms with E-state index in [0.717, 1.165) is 25.9 Å². The van der Waals surface area contributed by atoms with E-state index in [2.05, 4.69) is 27.5 Å². The maximum Gasteiger partial charge on any atom is 0.269 e. The van der Waals surface area contributed by atoms with Gasteiger partial charge in [-0.1, -0.05) is 0 Å². The number of aromatic amines is 1. The standard InChI is InChI=1S/C10H17N5O/c1-15-4-2-7(3-5-15)12-10(16)8-6-9(11)14-13-8/h6-7H,2-5H2,1H3,(H,12,16)(H3,11,13,14). The Morgan fingerprint density at radius 2 is 2.31 bits per heavy atom. The van der Waals surface area contributed by atoms with Crippen LogP contribution in [-0.4, -0.2) is 47.2 Å². The molecule has 1 aliphatic rings. The summed E-state index contributed by atoms with van der Waals surface area (Å²) < 4.78 is 0. The summed E-state index contributed by atoms with van der Waals surface area (Å²) in [7, 11) is 2.09. The first kappa shape index (κ1) is 10.9. The molecule has 0 unspecified atom stereocenters. The van der Waals surface area contributed by atoms with Gasteiger partial charge in [-0.3, -0.25) is 9.89 Å². The zero-order valence-corrected chi connectivity index (χ0v) is 9.36. The van der Waals surface area contributed by atoms with Gasteiger partial charge in [0.1, 0.15) is 11.5 Å². The van der Waals surface area contributed by atoms with Crippen molar-refractivity contribution in [1.82, 2.24) is 20.4 Å². The number of piperidine rings is 1. The lowest BCUT2D eigenvalue weighted by Crippen LogP contribution is -2.43. The highest BCUT2D eigenvalue weighted by molar-refractivity contribution is 5.93. The van der Waals surface area contributed by atoms with Crippen LogP contribution in [0.15, 0.2) is 6.07 Å². The number of H-pyrrole nitrogens is 1. The van der Waals surface area contributed by atoms with Crippen LogP contribution < -0.4 is 11.1 Å². The molecule has 16 heavy (non-hydrogen) atoms. The van der Waals surface area contributed by atoms with Gasteiger partial charge in [-0.05, 0) is 33.0 Å². The molecule has 1 aliphatic heterocycles. The molecule has 2 rings (SSSR count). The van der Waals surface area contributed by atoms with Crippen molar-refractivity contribution in [2.24, 2.45) is 0 Å². The molecule has 0 aromatic carbocycles. The lowest BCUT2D eigenvalue weighted by molar-refractivity contribution is 0.0912. The molecule has 88 valence electrons. The molecule has 6 nitrogen and oxygen atoms in total. The third kappa shape index (κ3) is 2.52. The molecule has 4 N–H and O–H groups in total. The van der Waals surface area contributed by atoms with E-state index in [4.69, 9.17) is 5.73 Å². The molecule has 1 aromatic rings. The minimum absolute atomic E-state index is 0.126. The molecule has 0 aliphatic carbocycles. The minimum atomic E-state index is -0.126. The Morgan fingerprint density at radius 1 is 1.62 bits per heavy atom.